The lowest BCUT2D eigenvalue weighted by molar-refractivity contribution is 0.103. The molecule has 0 aliphatic heterocycles. The van der Waals surface area contributed by atoms with E-state index in [-0.39, 0.29) is 10.8 Å². The first-order valence-electron chi connectivity index (χ1n) is 11.3. The van der Waals surface area contributed by atoms with Crippen molar-refractivity contribution >= 4 is 25.0 Å². The second-order valence-electron chi connectivity index (χ2n) is 9.92. The third-order valence-electron chi connectivity index (χ3n) is 6.38. The van der Waals surface area contributed by atoms with Crippen molar-refractivity contribution in [2.75, 3.05) is 0 Å². The van der Waals surface area contributed by atoms with Crippen molar-refractivity contribution in [1.29, 1.82) is 0 Å². The molecule has 0 saturated carbocycles. The van der Waals surface area contributed by atoms with Crippen LogP contribution in [0.15, 0.2) is 78.9 Å². The number of ether oxygens (including phenoxy) is 1. The number of hydrogen-bond acceptors (Lipinski definition) is 3. The van der Waals surface area contributed by atoms with Gasteiger partial charge in [-0.05, 0) is 72.2 Å². The van der Waals surface area contributed by atoms with Crippen molar-refractivity contribution in [2.24, 2.45) is 0 Å². The molecule has 0 atom stereocenters. The molecule has 0 aliphatic carbocycles. The van der Waals surface area contributed by atoms with Gasteiger partial charge in [-0.15, -0.1) is 0 Å². The number of rotatable bonds is 7. The van der Waals surface area contributed by atoms with Crippen LogP contribution in [0.2, 0.25) is 18.1 Å². The van der Waals surface area contributed by atoms with Crippen LogP contribution in [0.3, 0.4) is 0 Å². The fraction of sp³-hybridized carbons (Fsp3) is 0.250. The van der Waals surface area contributed by atoms with Crippen molar-refractivity contribution < 1.29 is 14.0 Å². The second kappa shape index (κ2) is 8.91. The highest BCUT2D eigenvalue weighted by Crippen LogP contribution is 2.38. The molecule has 0 bridgehead atoms. The monoisotopic (exact) mass is 457 g/mol. The maximum atomic E-state index is 13.1. The van der Waals surface area contributed by atoms with Crippen molar-refractivity contribution in [3.8, 4) is 11.5 Å². The number of ketones is 1. The Morgan fingerprint density at radius 3 is 2.21 bits per heavy atom. The summed E-state index contributed by atoms with van der Waals surface area (Å²) in [6, 6.07) is 25.2. The Morgan fingerprint density at radius 1 is 0.879 bits per heavy atom. The van der Waals surface area contributed by atoms with E-state index in [1.807, 2.05) is 66.7 Å². The number of aromatic nitrogens is 1. The smallest absolute Gasteiger partial charge is 0.250 e. The average Bonchev–Trinajstić information content (AvgIpc) is 3.21. The minimum absolute atomic E-state index is 0.0484. The number of carbonyl (C=O) groups excluding carboxylic acids is 1. The van der Waals surface area contributed by atoms with Gasteiger partial charge in [-0.1, -0.05) is 51.1 Å². The Balaban J connectivity index is 1.47. The van der Waals surface area contributed by atoms with Crippen molar-refractivity contribution in [2.45, 2.75) is 45.5 Å². The van der Waals surface area contributed by atoms with Gasteiger partial charge in [0.25, 0.3) is 0 Å². The molecule has 1 aromatic heterocycles. The lowest BCUT2D eigenvalue weighted by Crippen LogP contribution is -2.43. The summed E-state index contributed by atoms with van der Waals surface area (Å²) in [5, 5.41) is 1.09. The zero-order chi connectivity index (χ0) is 23.6. The van der Waals surface area contributed by atoms with Gasteiger partial charge in [0, 0.05) is 16.5 Å². The lowest BCUT2D eigenvalue weighted by atomic mass is 10.1. The molecular weight excluding hydrogens is 426 g/mol. The Hall–Kier alpha value is -3.31. The molecule has 0 spiro atoms. The minimum atomic E-state index is -1.92. The molecule has 5 heteroatoms. The first-order valence-corrected chi connectivity index (χ1v) is 14.2. The first kappa shape index (κ1) is 22.9. The van der Waals surface area contributed by atoms with Crippen LogP contribution in [0.1, 0.15) is 42.4 Å². The highest BCUT2D eigenvalue weighted by Gasteiger charge is 2.39. The summed E-state index contributed by atoms with van der Waals surface area (Å²) in [6.45, 7) is 11.6. The molecule has 170 valence electrons. The zero-order valence-electron chi connectivity index (χ0n) is 19.9. The van der Waals surface area contributed by atoms with Crippen LogP contribution in [0, 0.1) is 0 Å². The van der Waals surface area contributed by atoms with Crippen molar-refractivity contribution in [3.63, 3.8) is 0 Å². The summed E-state index contributed by atoms with van der Waals surface area (Å²) in [5.74, 6) is 1.54. The molecule has 33 heavy (non-hydrogen) atoms. The van der Waals surface area contributed by atoms with Gasteiger partial charge in [0.15, 0.2) is 0 Å². The van der Waals surface area contributed by atoms with Gasteiger partial charge in [-0.2, -0.15) is 0 Å². The van der Waals surface area contributed by atoms with Gasteiger partial charge >= 0.3 is 0 Å². The molecular formula is C28H31NO3Si. The van der Waals surface area contributed by atoms with Crippen LogP contribution in [-0.4, -0.2) is 19.1 Å². The van der Waals surface area contributed by atoms with Gasteiger partial charge < -0.3 is 14.1 Å². The third kappa shape index (κ3) is 5.20. The topological polar surface area (TPSA) is 51.3 Å². The molecule has 1 heterocycles. The van der Waals surface area contributed by atoms with E-state index >= 15 is 0 Å². The van der Waals surface area contributed by atoms with Crippen LogP contribution >= 0.6 is 0 Å². The van der Waals surface area contributed by atoms with Crippen molar-refractivity contribution in [1.82, 2.24) is 4.98 Å². The van der Waals surface area contributed by atoms with E-state index in [0.717, 1.165) is 28.0 Å². The van der Waals surface area contributed by atoms with E-state index in [0.29, 0.717) is 17.9 Å². The largest absolute Gasteiger partial charge is 0.543 e. The highest BCUT2D eigenvalue weighted by molar-refractivity contribution is 6.74. The van der Waals surface area contributed by atoms with Crippen LogP contribution in [-0.2, 0) is 6.61 Å². The Labute approximate surface area is 196 Å². The fourth-order valence-corrected chi connectivity index (χ4v) is 4.37. The van der Waals surface area contributed by atoms with E-state index in [2.05, 4.69) is 38.8 Å². The molecule has 3 aromatic carbocycles. The summed E-state index contributed by atoms with van der Waals surface area (Å²) in [7, 11) is -1.92. The van der Waals surface area contributed by atoms with Crippen LogP contribution < -0.4 is 9.16 Å². The van der Waals surface area contributed by atoms with E-state index in [1.165, 1.54) is 0 Å². The normalized spacial score (nSPS) is 12.0. The molecule has 0 radical (unpaired) electrons. The molecule has 1 N–H and O–H groups in total. The van der Waals surface area contributed by atoms with Crippen LogP contribution in [0.25, 0.3) is 10.9 Å². The Morgan fingerprint density at radius 2 is 1.55 bits per heavy atom. The van der Waals surface area contributed by atoms with E-state index in [4.69, 9.17) is 9.16 Å². The van der Waals surface area contributed by atoms with E-state index in [9.17, 15) is 4.79 Å². The SMILES string of the molecule is CC(C)(C)[Si](C)(C)Oc1ccc2[nH]c(C(=O)c3ccc(OCc4ccccc4)cc3)cc2c1. The highest BCUT2D eigenvalue weighted by atomic mass is 28.4. The number of carbonyl (C=O) groups is 1. The molecule has 0 saturated heterocycles. The predicted molar refractivity (Wildman–Crippen MR) is 137 cm³/mol. The number of hydrogen-bond donors (Lipinski definition) is 1. The Bertz CT molecular complexity index is 1250. The molecule has 0 aliphatic rings. The number of benzene rings is 3. The number of fused-ring (bicyclic) bond motifs is 1. The second-order valence-corrected chi connectivity index (χ2v) is 14.6. The van der Waals surface area contributed by atoms with Gasteiger partial charge in [-0.25, -0.2) is 0 Å². The van der Waals surface area contributed by atoms with Gasteiger partial charge in [0.2, 0.25) is 14.1 Å². The summed E-state index contributed by atoms with van der Waals surface area (Å²) >= 11 is 0. The van der Waals surface area contributed by atoms with Gasteiger partial charge in [-0.3, -0.25) is 4.79 Å². The molecule has 0 fully saturated rings. The standard InChI is InChI=1S/C28H31NO3Si/c1-28(2,3)33(4,5)32-24-15-16-25-22(17-24)18-26(29-25)27(30)21-11-13-23(14-12-21)31-19-20-9-7-6-8-10-20/h6-18,29H,19H2,1-5H3. The number of H-pyrrole nitrogens is 1. The number of nitrogens with one attached hydrogen (secondary N) is 1. The van der Waals surface area contributed by atoms with Gasteiger partial charge in [0.1, 0.15) is 18.1 Å². The minimum Gasteiger partial charge on any atom is -0.543 e. The van der Waals surface area contributed by atoms with Crippen LogP contribution in [0.5, 0.6) is 11.5 Å². The molecule has 4 aromatic rings. The Kier molecular flexibility index (Phi) is 6.17. The summed E-state index contributed by atoms with van der Waals surface area (Å²) in [5.41, 5.74) is 3.20. The quantitative estimate of drug-likeness (QED) is 0.233. The molecule has 4 nitrogen and oxygen atoms in total. The van der Waals surface area contributed by atoms with Gasteiger partial charge in [0.05, 0.1) is 5.69 Å². The van der Waals surface area contributed by atoms with E-state index in [1.54, 1.807) is 12.1 Å². The fourth-order valence-electron chi connectivity index (χ4n) is 3.34. The van der Waals surface area contributed by atoms with E-state index < -0.39 is 8.32 Å². The first-order chi connectivity index (χ1) is 15.6. The molecule has 4 rings (SSSR count). The maximum Gasteiger partial charge on any atom is 0.250 e. The number of aromatic amines is 1. The predicted octanol–water partition coefficient (Wildman–Crippen LogP) is 7.36. The lowest BCUT2D eigenvalue weighted by Gasteiger charge is -2.36. The third-order valence-corrected chi connectivity index (χ3v) is 10.7. The summed E-state index contributed by atoms with van der Waals surface area (Å²) < 4.78 is 12.3. The maximum absolute atomic E-state index is 13.1. The summed E-state index contributed by atoms with van der Waals surface area (Å²) in [6.07, 6.45) is 0. The average molecular weight is 458 g/mol. The molecule has 0 unspecified atom stereocenters. The summed E-state index contributed by atoms with van der Waals surface area (Å²) in [4.78, 5) is 16.3. The zero-order valence-corrected chi connectivity index (χ0v) is 20.9. The van der Waals surface area contributed by atoms with Crippen molar-refractivity contribution in [3.05, 3.63) is 95.7 Å². The van der Waals surface area contributed by atoms with Crippen LogP contribution in [0.4, 0.5) is 0 Å². The molecule has 0 amide bonds.